The summed E-state index contributed by atoms with van der Waals surface area (Å²) >= 11 is 0. The van der Waals surface area contributed by atoms with Crippen molar-refractivity contribution >= 4 is 96.1 Å². The number of fused-ring (bicyclic) bond motifs is 2. The van der Waals surface area contributed by atoms with E-state index in [4.69, 9.17) is 20.9 Å². The van der Waals surface area contributed by atoms with Gasteiger partial charge in [0.25, 0.3) is 10.1 Å². The number of phenolic OH excluding ortho intramolecular Hbond substituents is 2. The summed E-state index contributed by atoms with van der Waals surface area (Å²) in [6.45, 7) is 0. The Hall–Kier alpha value is -3.52. The zero-order valence-electron chi connectivity index (χ0n) is 33.2. The number of rotatable bonds is 11. The van der Waals surface area contributed by atoms with Crippen LogP contribution in [0.2, 0.25) is 0 Å². The summed E-state index contributed by atoms with van der Waals surface area (Å²) in [4.78, 5) is -3.80. The first kappa shape index (κ1) is 53.8. The number of azo groups is 2. The van der Waals surface area contributed by atoms with Crippen molar-refractivity contribution in [2.75, 3.05) is 25.7 Å². The van der Waals surface area contributed by atoms with Gasteiger partial charge < -0.3 is 44.8 Å². The topological polar surface area (TPSA) is 386 Å². The summed E-state index contributed by atoms with van der Waals surface area (Å²) in [5, 5.41) is 36.2. The van der Waals surface area contributed by atoms with E-state index in [0.717, 1.165) is 30.3 Å². The van der Waals surface area contributed by atoms with Gasteiger partial charge in [-0.3, -0.25) is 4.55 Å². The van der Waals surface area contributed by atoms with E-state index in [1.54, 1.807) is 0 Å². The quantitative estimate of drug-likeness (QED) is 0.0358. The summed E-state index contributed by atoms with van der Waals surface area (Å²) in [6, 6.07) is 13.1. The monoisotopic (exact) mass is 970 g/mol. The fourth-order valence-corrected chi connectivity index (χ4v) is 8.33. The molecule has 314 valence electrons. The molecule has 0 spiro atoms. The number of nitrogens with zero attached hydrogens (tertiary/aromatic N) is 4. The van der Waals surface area contributed by atoms with Crippen LogP contribution < -0.4 is 110 Å². The summed E-state index contributed by atoms with van der Waals surface area (Å²) in [5.41, 5.74) is 10.0. The van der Waals surface area contributed by atoms with Gasteiger partial charge in [0.05, 0.1) is 28.9 Å². The van der Waals surface area contributed by atoms with Crippen LogP contribution in [0.15, 0.2) is 113 Å². The van der Waals surface area contributed by atoms with Crippen LogP contribution in [0.1, 0.15) is 0 Å². The Morgan fingerprint density at radius 3 is 1.22 bits per heavy atom. The number of hydrogen-bond donors (Lipinski definition) is 5. The predicted octanol–water partition coefficient (Wildman–Crippen LogP) is -3.95. The van der Waals surface area contributed by atoms with Crippen LogP contribution in [-0.4, -0.2) is 76.3 Å². The molecule has 0 heterocycles. The van der Waals surface area contributed by atoms with E-state index in [-0.39, 0.29) is 133 Å². The molecule has 29 heteroatoms. The fourth-order valence-electron chi connectivity index (χ4n) is 5.94. The standard InChI is InChI=1S/C34H28N6O16S4.3Na/c1-55-25-9-15(3-5-23(25)37-39-31-27(59(49,50)51)11-17-7-19(57(43,44)45)13-21(35)29(17)33(31)41)16-4-6-24(26(10-16)56-2)38-40-32-28(60(52,53)54)12-18-8-20(58(46,47)48)14-22(36)30(18)34(32)42;;;/h3-14,41-42H,35-36H2,1-2H3,(H,43,44,45)(H,46,47,48)(H,49,50,51)(H,52,53,54);;;/q;3*+1/p-3. The average Bonchev–Trinajstić information content (AvgIpc) is 3.14. The SMILES string of the molecule is COc1cc(-c2ccc(N=Nc3c(S(=O)(=O)O)cc4cc(S(=O)(=O)[O-])cc(N)c4c3O)c(OC)c2)ccc1N=Nc1c(S(=O)(=O)[O-])cc2cc(S(=O)(=O)[O-])cc(N)c2c1O.[Na+].[Na+].[Na+]. The van der Waals surface area contributed by atoms with Crippen LogP contribution in [0.5, 0.6) is 23.0 Å². The molecule has 0 atom stereocenters. The maximum absolute atomic E-state index is 12.3. The minimum absolute atomic E-state index is 0. The van der Waals surface area contributed by atoms with E-state index in [2.05, 4.69) is 20.5 Å². The molecule has 0 fully saturated rings. The normalized spacial score (nSPS) is 12.2. The van der Waals surface area contributed by atoms with E-state index in [9.17, 15) is 62.1 Å². The van der Waals surface area contributed by atoms with Crippen LogP contribution in [0.25, 0.3) is 32.7 Å². The number of ether oxygens (including phenoxy) is 2. The molecule has 0 radical (unpaired) electrons. The molecule has 6 rings (SSSR count). The number of benzene rings is 6. The molecule has 0 saturated carbocycles. The van der Waals surface area contributed by atoms with Gasteiger partial charge in [-0.25, -0.2) is 25.3 Å². The van der Waals surface area contributed by atoms with Crippen molar-refractivity contribution in [3.8, 4) is 34.1 Å². The van der Waals surface area contributed by atoms with Gasteiger partial charge in [0, 0.05) is 22.1 Å². The molecule has 7 N–H and O–H groups in total. The minimum Gasteiger partial charge on any atom is -0.744 e. The second kappa shape index (κ2) is 19.9. The third-order valence-corrected chi connectivity index (χ3v) is 12.0. The first-order chi connectivity index (χ1) is 27.8. The minimum atomic E-state index is -5.40. The number of methoxy groups -OCH3 is 2. The Labute approximate surface area is 424 Å². The number of phenols is 2. The van der Waals surface area contributed by atoms with Gasteiger partial charge in [-0.2, -0.15) is 8.42 Å². The first-order valence-corrected chi connectivity index (χ1v) is 21.7. The van der Waals surface area contributed by atoms with Crippen LogP contribution in [0.4, 0.5) is 34.1 Å². The molecule has 6 aromatic rings. The van der Waals surface area contributed by atoms with E-state index in [0.29, 0.717) is 17.2 Å². The molecule has 0 aromatic heterocycles. The Balaban J connectivity index is 0.00000352. The van der Waals surface area contributed by atoms with Gasteiger partial charge in [-0.1, -0.05) is 12.1 Å². The van der Waals surface area contributed by atoms with Crippen molar-refractivity contribution < 1.29 is 160 Å². The zero-order chi connectivity index (χ0) is 44.3. The molecule has 22 nitrogen and oxygen atoms in total. The molecule has 0 bridgehead atoms. The molecule has 0 unspecified atom stereocenters. The molecule has 0 amide bonds. The molecule has 63 heavy (non-hydrogen) atoms. The zero-order valence-corrected chi connectivity index (χ0v) is 42.4. The van der Waals surface area contributed by atoms with E-state index < -0.39 is 94.3 Å². The summed E-state index contributed by atoms with van der Waals surface area (Å²) < 4.78 is 151. The second-order valence-electron chi connectivity index (χ2n) is 12.4. The summed E-state index contributed by atoms with van der Waals surface area (Å²) in [7, 11) is -18.2. The van der Waals surface area contributed by atoms with E-state index >= 15 is 0 Å². The second-order valence-corrected chi connectivity index (χ2v) is 17.9. The number of nitrogens with two attached hydrogens (primary N) is 2. The molecule has 6 aromatic carbocycles. The van der Waals surface area contributed by atoms with Crippen molar-refractivity contribution in [1.29, 1.82) is 0 Å². The van der Waals surface area contributed by atoms with E-state index in [1.807, 2.05) is 0 Å². The van der Waals surface area contributed by atoms with Gasteiger partial charge in [-0.05, 0) is 82.6 Å². The predicted molar refractivity (Wildman–Crippen MR) is 207 cm³/mol. The van der Waals surface area contributed by atoms with Crippen LogP contribution in [-0.2, 0) is 40.5 Å². The Morgan fingerprint density at radius 1 is 0.524 bits per heavy atom. The average molecular weight is 971 g/mol. The molecular formula is C34H25N6Na3O16S4. The van der Waals surface area contributed by atoms with Crippen molar-refractivity contribution in [1.82, 2.24) is 0 Å². The molecule has 0 saturated heterocycles. The summed E-state index contributed by atoms with van der Waals surface area (Å²) in [5.74, 6) is -1.82. The molecular weight excluding hydrogens is 946 g/mol. The van der Waals surface area contributed by atoms with Gasteiger partial charge in [0.15, 0.2) is 11.5 Å². The number of aromatic hydroxyl groups is 2. The van der Waals surface area contributed by atoms with Crippen LogP contribution in [0.3, 0.4) is 0 Å². The van der Waals surface area contributed by atoms with Crippen molar-refractivity contribution in [3.63, 3.8) is 0 Å². The van der Waals surface area contributed by atoms with Gasteiger partial charge in [-0.15, -0.1) is 20.5 Å². The van der Waals surface area contributed by atoms with Crippen molar-refractivity contribution in [3.05, 3.63) is 72.8 Å². The third kappa shape index (κ3) is 11.3. The maximum atomic E-state index is 12.3. The van der Waals surface area contributed by atoms with Crippen molar-refractivity contribution in [2.24, 2.45) is 20.5 Å². The largest absolute Gasteiger partial charge is 1.00 e. The van der Waals surface area contributed by atoms with Crippen molar-refractivity contribution in [2.45, 2.75) is 19.6 Å². The Morgan fingerprint density at radius 2 is 0.889 bits per heavy atom. The van der Waals surface area contributed by atoms with Crippen LogP contribution >= 0.6 is 0 Å². The maximum Gasteiger partial charge on any atom is 1.00 e. The fraction of sp³-hybridized carbons (Fsp3) is 0.0588. The number of anilines is 2. The Bertz CT molecular complexity index is 3140. The first-order valence-electron chi connectivity index (χ1n) is 16.1. The molecule has 0 aliphatic heterocycles. The third-order valence-electron chi connectivity index (χ3n) is 8.64. The van der Waals surface area contributed by atoms with Gasteiger partial charge >= 0.3 is 88.7 Å². The smallest absolute Gasteiger partial charge is 0.744 e. The number of hydrogen-bond acceptors (Lipinski definition) is 21. The van der Waals surface area contributed by atoms with Crippen LogP contribution in [0, 0.1) is 0 Å². The van der Waals surface area contributed by atoms with E-state index in [1.165, 1.54) is 50.6 Å². The molecule has 0 aliphatic carbocycles. The van der Waals surface area contributed by atoms with Gasteiger partial charge in [0.2, 0.25) is 0 Å². The number of nitrogen functional groups attached to an aromatic ring is 2. The Kier molecular flexibility index (Phi) is 17.0. The van der Waals surface area contributed by atoms with Gasteiger partial charge in [0.1, 0.15) is 69.5 Å². The molecule has 0 aliphatic rings. The summed E-state index contributed by atoms with van der Waals surface area (Å²) in [6.07, 6.45) is 0.